The van der Waals surface area contributed by atoms with Gasteiger partial charge in [0.2, 0.25) is 0 Å². The van der Waals surface area contributed by atoms with E-state index >= 15 is 0 Å². The van der Waals surface area contributed by atoms with Crippen molar-refractivity contribution in [3.63, 3.8) is 0 Å². The number of hydrogen-bond donors (Lipinski definition) is 1. The Labute approximate surface area is 143 Å². The van der Waals surface area contributed by atoms with Crippen molar-refractivity contribution in [1.29, 1.82) is 0 Å². The van der Waals surface area contributed by atoms with E-state index in [0.29, 0.717) is 13.0 Å². The summed E-state index contributed by atoms with van der Waals surface area (Å²) in [5.74, 6) is 0.0114. The summed E-state index contributed by atoms with van der Waals surface area (Å²) in [5.41, 5.74) is 0.960. The second-order valence-electron chi connectivity index (χ2n) is 6.29. The van der Waals surface area contributed by atoms with Crippen LogP contribution in [0.25, 0.3) is 0 Å². The van der Waals surface area contributed by atoms with Crippen molar-refractivity contribution >= 4 is 12.1 Å². The topological polar surface area (TPSA) is 64.6 Å². The predicted octanol–water partition coefficient (Wildman–Crippen LogP) is 3.81. The zero-order valence-electron chi connectivity index (χ0n) is 14.3. The Morgan fingerprint density at radius 1 is 1.12 bits per heavy atom. The maximum Gasteiger partial charge on any atom is 0.407 e. The van der Waals surface area contributed by atoms with Crippen LogP contribution in [0.15, 0.2) is 30.3 Å². The zero-order chi connectivity index (χ0) is 17.2. The molecule has 0 spiro atoms. The summed E-state index contributed by atoms with van der Waals surface area (Å²) in [7, 11) is 0. The minimum atomic E-state index is -0.407. The van der Waals surface area contributed by atoms with Crippen LogP contribution in [0.2, 0.25) is 0 Å². The summed E-state index contributed by atoms with van der Waals surface area (Å²) >= 11 is 0. The normalized spacial score (nSPS) is 20.2. The molecule has 1 amide bonds. The largest absolute Gasteiger partial charge is 0.465 e. The highest BCUT2D eigenvalue weighted by atomic mass is 16.5. The van der Waals surface area contributed by atoms with Crippen LogP contribution >= 0.6 is 0 Å². The Morgan fingerprint density at radius 2 is 1.88 bits per heavy atom. The second-order valence-corrected chi connectivity index (χ2v) is 6.29. The lowest BCUT2D eigenvalue weighted by molar-refractivity contribution is -0.145. The van der Waals surface area contributed by atoms with E-state index in [9.17, 15) is 9.59 Å². The first-order chi connectivity index (χ1) is 11.7. The number of carbonyl (C=O) groups is 2. The van der Waals surface area contributed by atoms with Crippen LogP contribution in [-0.4, -0.2) is 24.7 Å². The first-order valence-electron chi connectivity index (χ1n) is 8.82. The van der Waals surface area contributed by atoms with Crippen molar-refractivity contribution in [3.8, 4) is 0 Å². The van der Waals surface area contributed by atoms with Gasteiger partial charge in [-0.05, 0) is 24.8 Å². The van der Waals surface area contributed by atoms with E-state index in [1.165, 1.54) is 0 Å². The molecule has 1 aliphatic carbocycles. The molecule has 0 bridgehead atoms. The van der Waals surface area contributed by atoms with Crippen LogP contribution < -0.4 is 5.32 Å². The summed E-state index contributed by atoms with van der Waals surface area (Å²) < 4.78 is 10.6. The maximum atomic E-state index is 12.0. The highest BCUT2D eigenvalue weighted by molar-refractivity contribution is 5.69. The van der Waals surface area contributed by atoms with Crippen LogP contribution in [0, 0.1) is 5.92 Å². The van der Waals surface area contributed by atoms with Crippen LogP contribution in [0.4, 0.5) is 4.79 Å². The molecule has 0 aliphatic heterocycles. The molecule has 2 rings (SSSR count). The van der Waals surface area contributed by atoms with Gasteiger partial charge in [-0.25, -0.2) is 4.79 Å². The van der Waals surface area contributed by atoms with Gasteiger partial charge in [0.05, 0.1) is 6.61 Å². The van der Waals surface area contributed by atoms with Gasteiger partial charge >= 0.3 is 12.1 Å². The Kier molecular flexibility index (Phi) is 7.59. The number of alkyl carbamates (subject to hydrolysis) is 1. The summed E-state index contributed by atoms with van der Waals surface area (Å²) in [4.78, 5) is 23.6. The first-order valence-corrected chi connectivity index (χ1v) is 8.82. The van der Waals surface area contributed by atoms with Crippen molar-refractivity contribution in [1.82, 2.24) is 5.32 Å². The third kappa shape index (κ3) is 6.22. The van der Waals surface area contributed by atoms with Crippen LogP contribution in [0.5, 0.6) is 0 Å². The SMILES string of the molecule is CCCC(=O)OC[C@H]1CCCC[C@@H]1NC(=O)OCc1ccccc1. The molecule has 0 unspecified atom stereocenters. The van der Waals surface area contributed by atoms with Crippen LogP contribution in [0.1, 0.15) is 51.0 Å². The molecule has 24 heavy (non-hydrogen) atoms. The third-order valence-electron chi connectivity index (χ3n) is 4.34. The molecule has 0 radical (unpaired) electrons. The number of hydrogen-bond acceptors (Lipinski definition) is 4. The summed E-state index contributed by atoms with van der Waals surface area (Å²) in [5, 5.41) is 2.94. The van der Waals surface area contributed by atoms with E-state index in [1.54, 1.807) is 0 Å². The third-order valence-corrected chi connectivity index (χ3v) is 4.34. The summed E-state index contributed by atoms with van der Waals surface area (Å²) in [6, 6.07) is 9.61. The molecule has 5 heteroatoms. The van der Waals surface area contributed by atoms with Crippen molar-refractivity contribution in [3.05, 3.63) is 35.9 Å². The van der Waals surface area contributed by atoms with Crippen molar-refractivity contribution in [2.24, 2.45) is 5.92 Å². The number of rotatable bonds is 7. The smallest absolute Gasteiger partial charge is 0.407 e. The van der Waals surface area contributed by atoms with Gasteiger partial charge < -0.3 is 14.8 Å². The molecule has 0 heterocycles. The molecule has 1 aromatic rings. The molecule has 2 atom stereocenters. The van der Waals surface area contributed by atoms with Gasteiger partial charge in [-0.3, -0.25) is 4.79 Å². The van der Waals surface area contributed by atoms with E-state index in [0.717, 1.165) is 37.7 Å². The number of esters is 1. The zero-order valence-corrected chi connectivity index (χ0v) is 14.3. The van der Waals surface area contributed by atoms with Crippen molar-refractivity contribution in [2.75, 3.05) is 6.61 Å². The molecule has 5 nitrogen and oxygen atoms in total. The Balaban J connectivity index is 1.77. The lowest BCUT2D eigenvalue weighted by Gasteiger charge is -2.31. The molecule has 1 saturated carbocycles. The van der Waals surface area contributed by atoms with E-state index in [4.69, 9.17) is 9.47 Å². The molecular formula is C19H27NO4. The maximum absolute atomic E-state index is 12.0. The number of nitrogens with one attached hydrogen (secondary N) is 1. The molecule has 0 saturated heterocycles. The number of amides is 1. The fraction of sp³-hybridized carbons (Fsp3) is 0.579. The highest BCUT2D eigenvalue weighted by Crippen LogP contribution is 2.25. The molecule has 1 N–H and O–H groups in total. The Bertz CT molecular complexity index is 517. The predicted molar refractivity (Wildman–Crippen MR) is 91.4 cm³/mol. The second kappa shape index (κ2) is 9.96. The fourth-order valence-corrected chi connectivity index (χ4v) is 2.99. The number of carbonyl (C=O) groups excluding carboxylic acids is 2. The van der Waals surface area contributed by atoms with E-state index < -0.39 is 6.09 Å². The summed E-state index contributed by atoms with van der Waals surface area (Å²) in [6.07, 6.45) is 4.87. The fourth-order valence-electron chi connectivity index (χ4n) is 2.99. The van der Waals surface area contributed by atoms with Gasteiger partial charge in [-0.1, -0.05) is 50.1 Å². The van der Waals surface area contributed by atoms with Crippen molar-refractivity contribution in [2.45, 2.75) is 58.1 Å². The van der Waals surface area contributed by atoms with Crippen LogP contribution in [-0.2, 0) is 20.9 Å². The van der Waals surface area contributed by atoms with Gasteiger partial charge in [0.1, 0.15) is 6.61 Å². The minimum Gasteiger partial charge on any atom is -0.465 e. The minimum absolute atomic E-state index is 0.0106. The standard InChI is InChI=1S/C19H27NO4/c1-2-8-18(21)23-14-16-11-6-7-12-17(16)20-19(22)24-13-15-9-4-3-5-10-15/h3-5,9-10,16-17H,2,6-8,11-14H2,1H3,(H,20,22)/t16-,17+/m1/s1. The molecule has 1 aliphatic rings. The Morgan fingerprint density at radius 3 is 2.62 bits per heavy atom. The molecule has 0 aromatic heterocycles. The number of benzene rings is 1. The van der Waals surface area contributed by atoms with Gasteiger partial charge in [-0.15, -0.1) is 0 Å². The highest BCUT2D eigenvalue weighted by Gasteiger charge is 2.28. The van der Waals surface area contributed by atoms with Gasteiger partial charge in [0, 0.05) is 18.4 Å². The van der Waals surface area contributed by atoms with Gasteiger partial charge in [0.15, 0.2) is 0 Å². The monoisotopic (exact) mass is 333 g/mol. The average Bonchev–Trinajstić information content (AvgIpc) is 2.60. The summed E-state index contributed by atoms with van der Waals surface area (Å²) in [6.45, 7) is 2.59. The molecule has 1 fully saturated rings. The number of ether oxygens (including phenoxy) is 2. The van der Waals surface area contributed by atoms with Gasteiger partial charge in [0.25, 0.3) is 0 Å². The lowest BCUT2D eigenvalue weighted by atomic mass is 9.85. The molecular weight excluding hydrogens is 306 g/mol. The quantitative estimate of drug-likeness (QED) is 0.771. The first kappa shape index (κ1) is 18.3. The Hall–Kier alpha value is -2.04. The average molecular weight is 333 g/mol. The van der Waals surface area contributed by atoms with Crippen molar-refractivity contribution < 1.29 is 19.1 Å². The van der Waals surface area contributed by atoms with E-state index in [1.807, 2.05) is 37.3 Å². The molecule has 132 valence electrons. The lowest BCUT2D eigenvalue weighted by Crippen LogP contribution is -2.44. The molecule has 1 aromatic carbocycles. The van der Waals surface area contributed by atoms with Crippen LogP contribution in [0.3, 0.4) is 0 Å². The van der Waals surface area contributed by atoms with Gasteiger partial charge in [-0.2, -0.15) is 0 Å². The van der Waals surface area contributed by atoms with E-state index in [-0.39, 0.29) is 24.5 Å². The van der Waals surface area contributed by atoms with E-state index in [2.05, 4.69) is 5.32 Å².